The molecule has 7 heteroatoms. The maximum atomic E-state index is 12.6. The van der Waals surface area contributed by atoms with Crippen LogP contribution in [0.2, 0.25) is 10.0 Å². The molecule has 0 aliphatic heterocycles. The Morgan fingerprint density at radius 2 is 1.93 bits per heavy atom. The predicted molar refractivity (Wildman–Crippen MR) is 106 cm³/mol. The van der Waals surface area contributed by atoms with Crippen molar-refractivity contribution in [3.63, 3.8) is 0 Å². The molecule has 3 rings (SSSR count). The molecule has 0 saturated carbocycles. The summed E-state index contributed by atoms with van der Waals surface area (Å²) in [4.78, 5) is 12.6. The van der Waals surface area contributed by atoms with E-state index in [1.165, 1.54) is 5.56 Å². The summed E-state index contributed by atoms with van der Waals surface area (Å²) in [5.41, 5.74) is 2.40. The summed E-state index contributed by atoms with van der Waals surface area (Å²) in [6.45, 7) is 3.99. The van der Waals surface area contributed by atoms with Gasteiger partial charge in [-0.25, -0.2) is 0 Å². The van der Waals surface area contributed by atoms with Crippen LogP contribution in [-0.2, 0) is 13.0 Å². The lowest BCUT2D eigenvalue weighted by molar-refractivity contribution is 0.101. The van der Waals surface area contributed by atoms with Crippen molar-refractivity contribution in [3.8, 4) is 5.75 Å². The van der Waals surface area contributed by atoms with Crippen LogP contribution in [0.5, 0.6) is 5.75 Å². The maximum absolute atomic E-state index is 12.6. The second-order valence-corrected chi connectivity index (χ2v) is 6.77. The molecule has 0 aliphatic rings. The molecule has 0 radical (unpaired) electrons. The standard InChI is InChI=1S/C20H18Cl2N2O3/c1-3-13-4-7-15(8-5-13)26-11-16-12(2)27-24-19(16)20(25)23-18-9-6-14(21)10-17(18)22/h4-10H,3,11H2,1-2H3,(H,23,25). The zero-order valence-electron chi connectivity index (χ0n) is 14.9. The van der Waals surface area contributed by atoms with Crippen molar-refractivity contribution >= 4 is 34.8 Å². The molecule has 140 valence electrons. The molecule has 1 N–H and O–H groups in total. The Balaban J connectivity index is 1.74. The largest absolute Gasteiger partial charge is 0.489 e. The van der Waals surface area contributed by atoms with Crippen LogP contribution in [0.15, 0.2) is 47.0 Å². The molecule has 0 atom stereocenters. The molecule has 0 unspecified atom stereocenters. The number of aryl methyl sites for hydroxylation is 2. The number of rotatable bonds is 6. The highest BCUT2D eigenvalue weighted by Gasteiger charge is 2.21. The van der Waals surface area contributed by atoms with Crippen molar-refractivity contribution in [2.75, 3.05) is 5.32 Å². The number of hydrogen-bond donors (Lipinski definition) is 1. The van der Waals surface area contributed by atoms with Gasteiger partial charge in [0.15, 0.2) is 5.69 Å². The monoisotopic (exact) mass is 404 g/mol. The third-order valence-electron chi connectivity index (χ3n) is 4.09. The van der Waals surface area contributed by atoms with Crippen LogP contribution in [-0.4, -0.2) is 11.1 Å². The number of benzene rings is 2. The Bertz CT molecular complexity index is 952. The summed E-state index contributed by atoms with van der Waals surface area (Å²) in [6.07, 6.45) is 0.961. The Hall–Kier alpha value is -2.50. The molecule has 0 bridgehead atoms. The van der Waals surface area contributed by atoms with E-state index in [1.54, 1.807) is 25.1 Å². The quantitative estimate of drug-likeness (QED) is 0.573. The van der Waals surface area contributed by atoms with Gasteiger partial charge in [-0.05, 0) is 49.2 Å². The van der Waals surface area contributed by atoms with Crippen molar-refractivity contribution in [2.24, 2.45) is 0 Å². The van der Waals surface area contributed by atoms with Crippen molar-refractivity contribution in [1.82, 2.24) is 5.16 Å². The normalized spacial score (nSPS) is 10.7. The highest BCUT2D eigenvalue weighted by Crippen LogP contribution is 2.26. The average molecular weight is 405 g/mol. The summed E-state index contributed by atoms with van der Waals surface area (Å²) in [5, 5.41) is 7.40. The van der Waals surface area contributed by atoms with Crippen LogP contribution < -0.4 is 10.1 Å². The summed E-state index contributed by atoms with van der Waals surface area (Å²) in [5.74, 6) is 0.795. The smallest absolute Gasteiger partial charge is 0.278 e. The number of nitrogens with zero attached hydrogens (tertiary/aromatic N) is 1. The van der Waals surface area contributed by atoms with Crippen LogP contribution >= 0.6 is 23.2 Å². The molecule has 0 fully saturated rings. The maximum Gasteiger partial charge on any atom is 0.278 e. The topological polar surface area (TPSA) is 64.4 Å². The Kier molecular flexibility index (Phi) is 6.04. The Labute approximate surface area is 167 Å². The summed E-state index contributed by atoms with van der Waals surface area (Å²) in [7, 11) is 0. The molecule has 5 nitrogen and oxygen atoms in total. The van der Waals surface area contributed by atoms with Crippen LogP contribution in [0.4, 0.5) is 5.69 Å². The molecule has 1 amide bonds. The van der Waals surface area contributed by atoms with Crippen LogP contribution in [0.3, 0.4) is 0 Å². The minimum Gasteiger partial charge on any atom is -0.489 e. The van der Waals surface area contributed by atoms with Gasteiger partial charge in [-0.2, -0.15) is 0 Å². The van der Waals surface area contributed by atoms with E-state index in [0.29, 0.717) is 32.8 Å². The zero-order chi connectivity index (χ0) is 19.4. The Morgan fingerprint density at radius 3 is 2.59 bits per heavy atom. The number of aromatic nitrogens is 1. The van der Waals surface area contributed by atoms with Gasteiger partial charge in [-0.1, -0.05) is 47.4 Å². The number of carbonyl (C=O) groups is 1. The van der Waals surface area contributed by atoms with Crippen LogP contribution in [0.25, 0.3) is 0 Å². The first kappa shape index (κ1) is 19.3. The lowest BCUT2D eigenvalue weighted by Gasteiger charge is -2.09. The molecule has 1 aromatic heterocycles. The fraction of sp³-hybridized carbons (Fsp3) is 0.200. The highest BCUT2D eigenvalue weighted by atomic mass is 35.5. The van der Waals surface area contributed by atoms with Crippen LogP contribution in [0.1, 0.15) is 34.3 Å². The Morgan fingerprint density at radius 1 is 1.19 bits per heavy atom. The molecule has 3 aromatic rings. The molecule has 0 saturated heterocycles. The summed E-state index contributed by atoms with van der Waals surface area (Å²) >= 11 is 12.0. The zero-order valence-corrected chi connectivity index (χ0v) is 16.4. The number of nitrogens with one attached hydrogen (secondary N) is 1. The van der Waals surface area contributed by atoms with Crippen molar-refractivity contribution in [2.45, 2.75) is 26.9 Å². The minimum atomic E-state index is -0.434. The average Bonchev–Trinajstić information content (AvgIpc) is 3.03. The molecule has 0 spiro atoms. The van der Waals surface area contributed by atoms with Crippen molar-refractivity contribution in [1.29, 1.82) is 0 Å². The first-order chi connectivity index (χ1) is 13.0. The molecule has 27 heavy (non-hydrogen) atoms. The van der Waals surface area contributed by atoms with Gasteiger partial charge < -0.3 is 14.6 Å². The minimum absolute atomic E-state index is 0.156. The number of halogens is 2. The van der Waals surface area contributed by atoms with Gasteiger partial charge in [-0.3, -0.25) is 4.79 Å². The number of ether oxygens (including phenoxy) is 1. The number of carbonyl (C=O) groups excluding carboxylic acids is 1. The first-order valence-electron chi connectivity index (χ1n) is 8.41. The second kappa shape index (κ2) is 8.46. The van der Waals surface area contributed by atoms with E-state index >= 15 is 0 Å². The molecular weight excluding hydrogens is 387 g/mol. The molecule has 0 aliphatic carbocycles. The van der Waals surface area contributed by atoms with Gasteiger partial charge in [-0.15, -0.1) is 0 Å². The lowest BCUT2D eigenvalue weighted by atomic mass is 10.1. The van der Waals surface area contributed by atoms with Crippen LogP contribution in [0, 0.1) is 6.92 Å². The van der Waals surface area contributed by atoms with E-state index in [0.717, 1.165) is 6.42 Å². The molecular formula is C20H18Cl2N2O3. The van der Waals surface area contributed by atoms with Crippen molar-refractivity contribution in [3.05, 3.63) is 75.1 Å². The molecule has 2 aromatic carbocycles. The van der Waals surface area contributed by atoms with Gasteiger partial charge in [0.05, 0.1) is 16.3 Å². The summed E-state index contributed by atoms with van der Waals surface area (Å²) < 4.78 is 11.0. The van der Waals surface area contributed by atoms with Gasteiger partial charge >= 0.3 is 0 Å². The first-order valence-corrected chi connectivity index (χ1v) is 9.16. The van der Waals surface area contributed by atoms with Gasteiger partial charge in [0, 0.05) is 5.02 Å². The third kappa shape index (κ3) is 4.62. The van der Waals surface area contributed by atoms with E-state index < -0.39 is 5.91 Å². The SMILES string of the molecule is CCc1ccc(OCc2c(C(=O)Nc3ccc(Cl)cc3Cl)noc2C)cc1. The fourth-order valence-electron chi connectivity index (χ4n) is 2.49. The van der Waals surface area contributed by atoms with Gasteiger partial charge in [0.25, 0.3) is 5.91 Å². The number of anilines is 1. The number of amides is 1. The van der Waals surface area contributed by atoms with E-state index in [4.69, 9.17) is 32.5 Å². The van der Waals surface area contributed by atoms with E-state index in [1.807, 2.05) is 24.3 Å². The fourth-order valence-corrected chi connectivity index (χ4v) is 2.94. The van der Waals surface area contributed by atoms with Gasteiger partial charge in [0.2, 0.25) is 0 Å². The van der Waals surface area contributed by atoms with Crippen molar-refractivity contribution < 1.29 is 14.1 Å². The van der Waals surface area contributed by atoms with E-state index in [-0.39, 0.29) is 12.3 Å². The second-order valence-electron chi connectivity index (χ2n) is 5.93. The van der Waals surface area contributed by atoms with E-state index in [2.05, 4.69) is 17.4 Å². The summed E-state index contributed by atoms with van der Waals surface area (Å²) in [6, 6.07) is 12.6. The number of hydrogen-bond acceptors (Lipinski definition) is 4. The lowest BCUT2D eigenvalue weighted by Crippen LogP contribution is -2.15. The van der Waals surface area contributed by atoms with Gasteiger partial charge in [0.1, 0.15) is 18.1 Å². The third-order valence-corrected chi connectivity index (χ3v) is 4.64. The van der Waals surface area contributed by atoms with E-state index in [9.17, 15) is 4.79 Å². The predicted octanol–water partition coefficient (Wildman–Crippen LogP) is 5.68. The molecule has 1 heterocycles. The highest BCUT2D eigenvalue weighted by molar-refractivity contribution is 6.36.